The fraction of sp³-hybridized carbons (Fsp3) is 0.708. The summed E-state index contributed by atoms with van der Waals surface area (Å²) in [5.41, 5.74) is 7.52. The monoisotopic (exact) mass is 475 g/mol. The van der Waals surface area contributed by atoms with Crippen molar-refractivity contribution < 1.29 is 24.1 Å². The molecule has 4 atom stereocenters. The molecule has 4 rings (SSSR count). The predicted molar refractivity (Wildman–Crippen MR) is 127 cm³/mol. The third kappa shape index (κ3) is 5.13. The highest BCUT2D eigenvalue weighted by atomic mass is 16.8. The summed E-state index contributed by atoms with van der Waals surface area (Å²) in [6.07, 6.45) is 5.83. The molecule has 188 valence electrons. The van der Waals surface area contributed by atoms with E-state index in [4.69, 9.17) is 19.9 Å². The van der Waals surface area contributed by atoms with Crippen molar-refractivity contribution in [3.05, 3.63) is 18.1 Å². The third-order valence-corrected chi connectivity index (χ3v) is 6.39. The maximum absolute atomic E-state index is 12.3. The summed E-state index contributed by atoms with van der Waals surface area (Å²) in [5, 5.41) is 13.0. The predicted octanol–water partition coefficient (Wildman–Crippen LogP) is 2.93. The van der Waals surface area contributed by atoms with Crippen LogP contribution in [-0.4, -0.2) is 62.5 Å². The number of unbranched alkanes of at least 4 members (excludes halogenated alkanes) is 1. The number of aliphatic hydroxyl groups is 1. The molecule has 10 heteroatoms. The number of aliphatic hydroxyl groups excluding tert-OH is 1. The van der Waals surface area contributed by atoms with Gasteiger partial charge in [-0.25, -0.2) is 14.8 Å². The smallest absolute Gasteiger partial charge is 0.407 e. The van der Waals surface area contributed by atoms with Gasteiger partial charge in [0.15, 0.2) is 5.79 Å². The van der Waals surface area contributed by atoms with E-state index in [1.807, 2.05) is 34.6 Å². The number of fused-ring (bicyclic) bond motifs is 2. The summed E-state index contributed by atoms with van der Waals surface area (Å²) in [4.78, 5) is 21.0. The number of carbonyl (C=O) groups is 1. The van der Waals surface area contributed by atoms with Gasteiger partial charge >= 0.3 is 6.09 Å². The normalized spacial score (nSPS) is 26.1. The van der Waals surface area contributed by atoms with Crippen LogP contribution in [0.2, 0.25) is 0 Å². The van der Waals surface area contributed by atoms with Gasteiger partial charge in [-0.1, -0.05) is 0 Å². The molecule has 2 aromatic rings. The summed E-state index contributed by atoms with van der Waals surface area (Å²) in [6, 6.07) is -0.0411. The summed E-state index contributed by atoms with van der Waals surface area (Å²) in [6.45, 7) is 9.92. The number of alkyl carbamates (subject to hydrolysis) is 1. The van der Waals surface area contributed by atoms with Crippen LogP contribution >= 0.6 is 0 Å². The molecule has 1 aliphatic carbocycles. The minimum atomic E-state index is -0.723. The fourth-order valence-corrected chi connectivity index (χ4v) is 5.11. The van der Waals surface area contributed by atoms with Crippen LogP contribution in [-0.2, 0) is 20.6 Å². The number of nitrogen functional groups attached to an aromatic ring is 1. The molecule has 2 fully saturated rings. The molecule has 1 saturated heterocycles. The molecule has 0 unspecified atom stereocenters. The van der Waals surface area contributed by atoms with Crippen LogP contribution in [0.3, 0.4) is 0 Å². The zero-order valence-corrected chi connectivity index (χ0v) is 20.7. The van der Waals surface area contributed by atoms with Crippen LogP contribution in [0.15, 0.2) is 12.5 Å². The number of amides is 1. The quantitative estimate of drug-likeness (QED) is 0.521. The summed E-state index contributed by atoms with van der Waals surface area (Å²) in [5.74, 6) is -0.234. The number of rotatable bonds is 7. The van der Waals surface area contributed by atoms with Gasteiger partial charge in [0.05, 0.1) is 17.5 Å². The number of nitrogens with one attached hydrogen (secondary N) is 1. The SMILES string of the molecule is CC(C)(C)OC(=O)NC[C@H]1C[C@@H](n2cc(CCCCO)c3c(N)ncnc32)[C@@H]2OC(C)(C)O[C@H]12. The van der Waals surface area contributed by atoms with Crippen molar-refractivity contribution >= 4 is 22.9 Å². The Morgan fingerprint density at radius 2 is 2.03 bits per heavy atom. The minimum absolute atomic E-state index is 0.0405. The lowest BCUT2D eigenvalue weighted by molar-refractivity contribution is -0.160. The molecular formula is C24H37N5O5. The van der Waals surface area contributed by atoms with E-state index in [9.17, 15) is 9.90 Å². The van der Waals surface area contributed by atoms with Crippen LogP contribution in [0.5, 0.6) is 0 Å². The standard InChI is InChI=1S/C24H37N5O5/c1-23(2,3)34-22(31)26-11-15-10-16(19-18(15)32-24(4,5)33-19)29-12-14(8-6-7-9-30)17-20(25)27-13-28-21(17)29/h12-13,15-16,18-19,30H,6-11H2,1-5H3,(H,26,31)(H2,25,27,28)/t15-,16-,18-,19+/m1/s1. The van der Waals surface area contributed by atoms with Gasteiger partial charge in [0, 0.05) is 25.3 Å². The zero-order valence-electron chi connectivity index (χ0n) is 20.7. The van der Waals surface area contributed by atoms with E-state index in [0.717, 1.165) is 42.3 Å². The Bertz CT molecular complexity index is 1030. The molecule has 4 N–H and O–H groups in total. The summed E-state index contributed by atoms with van der Waals surface area (Å²) >= 11 is 0. The van der Waals surface area contributed by atoms with E-state index in [2.05, 4.69) is 26.0 Å². The van der Waals surface area contributed by atoms with E-state index < -0.39 is 17.5 Å². The van der Waals surface area contributed by atoms with Crippen LogP contribution in [0.1, 0.15) is 65.5 Å². The van der Waals surface area contributed by atoms with Gasteiger partial charge in [0.25, 0.3) is 0 Å². The van der Waals surface area contributed by atoms with Crippen molar-refractivity contribution in [3.63, 3.8) is 0 Å². The molecule has 1 amide bonds. The van der Waals surface area contributed by atoms with Gasteiger partial charge in [-0.15, -0.1) is 0 Å². The first kappa shape index (κ1) is 24.7. The molecule has 1 saturated carbocycles. The number of anilines is 1. The van der Waals surface area contributed by atoms with Gasteiger partial charge in [-0.2, -0.15) is 0 Å². The fourth-order valence-electron chi connectivity index (χ4n) is 5.11. The third-order valence-electron chi connectivity index (χ3n) is 6.39. The number of nitrogens with zero attached hydrogens (tertiary/aromatic N) is 3. The van der Waals surface area contributed by atoms with Gasteiger partial charge in [0.2, 0.25) is 0 Å². The molecule has 10 nitrogen and oxygen atoms in total. The van der Waals surface area contributed by atoms with Crippen molar-refractivity contribution in [2.45, 2.75) is 89.9 Å². The zero-order chi connectivity index (χ0) is 24.7. The first-order chi connectivity index (χ1) is 16.0. The minimum Gasteiger partial charge on any atom is -0.444 e. The maximum Gasteiger partial charge on any atom is 0.407 e. The number of hydrogen-bond donors (Lipinski definition) is 3. The molecule has 0 radical (unpaired) electrons. The second-order valence-electron chi connectivity index (χ2n) is 10.7. The molecule has 2 aromatic heterocycles. The van der Waals surface area contributed by atoms with E-state index in [-0.39, 0.29) is 30.8 Å². The second-order valence-corrected chi connectivity index (χ2v) is 10.7. The lowest BCUT2D eigenvalue weighted by Gasteiger charge is -2.25. The molecule has 0 bridgehead atoms. The number of hydrogen-bond acceptors (Lipinski definition) is 8. The largest absolute Gasteiger partial charge is 0.444 e. The average molecular weight is 476 g/mol. The van der Waals surface area contributed by atoms with Gasteiger partial charge in [-0.05, 0) is 65.9 Å². The van der Waals surface area contributed by atoms with Gasteiger partial charge in [0.1, 0.15) is 29.5 Å². The highest BCUT2D eigenvalue weighted by molar-refractivity contribution is 5.90. The van der Waals surface area contributed by atoms with Crippen LogP contribution in [0.25, 0.3) is 11.0 Å². The highest BCUT2D eigenvalue weighted by Gasteiger charge is 2.54. The molecule has 0 aromatic carbocycles. The highest BCUT2D eigenvalue weighted by Crippen LogP contribution is 2.48. The average Bonchev–Trinajstić information content (AvgIpc) is 3.35. The number of aromatic nitrogens is 3. The Hall–Kier alpha value is -2.43. The Kier molecular flexibility index (Phi) is 6.76. The topological polar surface area (TPSA) is 134 Å². The first-order valence-corrected chi connectivity index (χ1v) is 12.0. The van der Waals surface area contributed by atoms with E-state index in [1.165, 1.54) is 6.33 Å². The van der Waals surface area contributed by atoms with Gasteiger partial charge < -0.3 is 34.9 Å². The lowest BCUT2D eigenvalue weighted by Crippen LogP contribution is -2.38. The Balaban J connectivity index is 1.61. The molecule has 34 heavy (non-hydrogen) atoms. The van der Waals surface area contributed by atoms with Gasteiger partial charge in [-0.3, -0.25) is 0 Å². The van der Waals surface area contributed by atoms with Crippen molar-refractivity contribution in [2.75, 3.05) is 18.9 Å². The molecule has 0 spiro atoms. The van der Waals surface area contributed by atoms with E-state index in [0.29, 0.717) is 12.4 Å². The van der Waals surface area contributed by atoms with Crippen LogP contribution in [0, 0.1) is 5.92 Å². The molecule has 3 heterocycles. The first-order valence-electron chi connectivity index (χ1n) is 12.0. The van der Waals surface area contributed by atoms with Crippen molar-refractivity contribution in [1.82, 2.24) is 19.9 Å². The molecular weight excluding hydrogens is 438 g/mol. The van der Waals surface area contributed by atoms with Crippen molar-refractivity contribution in [2.24, 2.45) is 5.92 Å². The van der Waals surface area contributed by atoms with Crippen LogP contribution < -0.4 is 11.1 Å². The van der Waals surface area contributed by atoms with Crippen molar-refractivity contribution in [1.29, 1.82) is 0 Å². The maximum atomic E-state index is 12.3. The van der Waals surface area contributed by atoms with Crippen LogP contribution in [0.4, 0.5) is 10.6 Å². The number of nitrogens with two attached hydrogens (primary N) is 1. The Labute approximate surface area is 200 Å². The van der Waals surface area contributed by atoms with E-state index in [1.54, 1.807) is 0 Å². The second kappa shape index (κ2) is 9.31. The number of carbonyl (C=O) groups excluding carboxylic acids is 1. The molecule has 2 aliphatic rings. The number of ether oxygens (including phenoxy) is 3. The lowest BCUT2D eigenvalue weighted by atomic mass is 10.1. The summed E-state index contributed by atoms with van der Waals surface area (Å²) < 4.78 is 20.2. The molecule has 1 aliphatic heterocycles. The van der Waals surface area contributed by atoms with E-state index >= 15 is 0 Å². The van der Waals surface area contributed by atoms with Crippen molar-refractivity contribution in [3.8, 4) is 0 Å². The summed E-state index contributed by atoms with van der Waals surface area (Å²) in [7, 11) is 0. The Morgan fingerprint density at radius 3 is 2.74 bits per heavy atom. The number of aryl methyl sites for hydroxylation is 1. The Morgan fingerprint density at radius 1 is 1.29 bits per heavy atom.